The summed E-state index contributed by atoms with van der Waals surface area (Å²) in [5.41, 5.74) is -0.917. The fourth-order valence-electron chi connectivity index (χ4n) is 3.42. The van der Waals surface area contributed by atoms with Gasteiger partial charge < -0.3 is 8.94 Å². The molecule has 8 heteroatoms. The van der Waals surface area contributed by atoms with E-state index in [2.05, 4.69) is 33.9 Å². The van der Waals surface area contributed by atoms with Crippen LogP contribution in [0.3, 0.4) is 0 Å². The van der Waals surface area contributed by atoms with E-state index in [4.69, 9.17) is 8.94 Å². The third-order valence-electron chi connectivity index (χ3n) is 5.04. The number of nitrogens with one attached hydrogen (secondary N) is 1. The van der Waals surface area contributed by atoms with Crippen LogP contribution in [-0.2, 0) is 15.6 Å². The van der Waals surface area contributed by atoms with Crippen molar-refractivity contribution in [3.63, 3.8) is 0 Å². The van der Waals surface area contributed by atoms with Gasteiger partial charge in [0.15, 0.2) is 5.82 Å². The SMILES string of the molecule is CC1CC1c1ccc(C2CC2c2nc(C(C)(C)NS(C)(=O)=O)no2)o1. The van der Waals surface area contributed by atoms with Crippen LogP contribution in [0.25, 0.3) is 0 Å². The Labute approximate surface area is 147 Å². The minimum absolute atomic E-state index is 0.144. The molecule has 2 heterocycles. The number of nitrogens with zero attached hydrogens (tertiary/aromatic N) is 2. The first kappa shape index (κ1) is 16.8. The molecule has 0 aromatic carbocycles. The Morgan fingerprint density at radius 2 is 1.80 bits per heavy atom. The van der Waals surface area contributed by atoms with E-state index >= 15 is 0 Å². The summed E-state index contributed by atoms with van der Waals surface area (Å²) in [5, 5.41) is 3.97. The lowest BCUT2D eigenvalue weighted by atomic mass is 10.1. The first-order valence-corrected chi connectivity index (χ1v) is 10.5. The summed E-state index contributed by atoms with van der Waals surface area (Å²) < 4.78 is 36.9. The number of rotatable bonds is 6. The second-order valence-corrected chi connectivity index (χ2v) is 9.71. The fourth-order valence-corrected chi connectivity index (χ4v) is 4.43. The van der Waals surface area contributed by atoms with E-state index in [0.29, 0.717) is 17.6 Å². The Balaban J connectivity index is 1.46. The van der Waals surface area contributed by atoms with Crippen molar-refractivity contribution in [1.29, 1.82) is 0 Å². The van der Waals surface area contributed by atoms with Crippen LogP contribution in [-0.4, -0.2) is 24.8 Å². The summed E-state index contributed by atoms with van der Waals surface area (Å²) in [7, 11) is -3.37. The van der Waals surface area contributed by atoms with Crippen molar-refractivity contribution < 1.29 is 17.4 Å². The number of aromatic nitrogens is 2. The molecule has 2 fully saturated rings. The summed E-state index contributed by atoms with van der Waals surface area (Å²) in [6.07, 6.45) is 3.23. The zero-order chi connectivity index (χ0) is 18.0. The van der Waals surface area contributed by atoms with E-state index < -0.39 is 15.6 Å². The van der Waals surface area contributed by atoms with Crippen LogP contribution in [0.1, 0.15) is 74.6 Å². The van der Waals surface area contributed by atoms with Gasteiger partial charge >= 0.3 is 0 Å². The van der Waals surface area contributed by atoms with Crippen molar-refractivity contribution in [1.82, 2.24) is 14.9 Å². The highest BCUT2D eigenvalue weighted by molar-refractivity contribution is 7.88. The number of hydrogen-bond donors (Lipinski definition) is 1. The Morgan fingerprint density at radius 1 is 1.16 bits per heavy atom. The van der Waals surface area contributed by atoms with E-state index in [1.807, 2.05) is 0 Å². The minimum Gasteiger partial charge on any atom is -0.465 e. The molecule has 2 aliphatic rings. The molecule has 0 spiro atoms. The van der Waals surface area contributed by atoms with E-state index in [0.717, 1.165) is 30.1 Å². The molecule has 4 unspecified atom stereocenters. The molecule has 4 atom stereocenters. The van der Waals surface area contributed by atoms with Crippen molar-refractivity contribution in [2.24, 2.45) is 5.92 Å². The molecule has 25 heavy (non-hydrogen) atoms. The van der Waals surface area contributed by atoms with Crippen molar-refractivity contribution in [3.8, 4) is 0 Å². The lowest BCUT2D eigenvalue weighted by molar-refractivity contribution is 0.352. The molecule has 2 aliphatic carbocycles. The van der Waals surface area contributed by atoms with Gasteiger partial charge in [-0.2, -0.15) is 4.98 Å². The molecule has 0 amide bonds. The molecule has 1 N–H and O–H groups in total. The molecule has 0 aliphatic heterocycles. The van der Waals surface area contributed by atoms with Crippen LogP contribution in [0.4, 0.5) is 0 Å². The maximum absolute atomic E-state index is 11.5. The molecule has 0 saturated heterocycles. The van der Waals surface area contributed by atoms with Gasteiger partial charge in [0, 0.05) is 17.8 Å². The zero-order valence-electron chi connectivity index (χ0n) is 14.8. The Morgan fingerprint density at radius 3 is 2.40 bits per heavy atom. The highest BCUT2D eigenvalue weighted by Crippen LogP contribution is 2.56. The van der Waals surface area contributed by atoms with Crippen LogP contribution in [0.15, 0.2) is 21.1 Å². The summed E-state index contributed by atoms with van der Waals surface area (Å²) in [4.78, 5) is 4.42. The topological polar surface area (TPSA) is 98.2 Å². The maximum Gasteiger partial charge on any atom is 0.230 e. The minimum atomic E-state index is -3.37. The summed E-state index contributed by atoms with van der Waals surface area (Å²) >= 11 is 0. The summed E-state index contributed by atoms with van der Waals surface area (Å²) in [6.45, 7) is 5.66. The second kappa shape index (κ2) is 5.41. The van der Waals surface area contributed by atoms with Gasteiger partial charge in [-0.3, -0.25) is 0 Å². The zero-order valence-corrected chi connectivity index (χ0v) is 15.6. The number of hydrogen-bond acceptors (Lipinski definition) is 6. The van der Waals surface area contributed by atoms with Gasteiger partial charge in [-0.25, -0.2) is 13.1 Å². The maximum atomic E-state index is 11.5. The quantitative estimate of drug-likeness (QED) is 0.845. The largest absolute Gasteiger partial charge is 0.465 e. The molecular weight excluding hydrogens is 342 g/mol. The Kier molecular flexibility index (Phi) is 3.63. The lowest BCUT2D eigenvalue weighted by Gasteiger charge is -2.20. The van der Waals surface area contributed by atoms with E-state index in [1.54, 1.807) is 13.8 Å². The van der Waals surface area contributed by atoms with Gasteiger partial charge in [-0.05, 0) is 44.7 Å². The first-order chi connectivity index (χ1) is 11.6. The molecule has 2 saturated carbocycles. The van der Waals surface area contributed by atoms with Crippen LogP contribution in [0.2, 0.25) is 0 Å². The monoisotopic (exact) mass is 365 g/mol. The van der Waals surface area contributed by atoms with Crippen molar-refractivity contribution in [2.45, 2.75) is 56.9 Å². The van der Waals surface area contributed by atoms with Gasteiger partial charge in [0.25, 0.3) is 0 Å². The van der Waals surface area contributed by atoms with Crippen molar-refractivity contribution in [2.75, 3.05) is 6.26 Å². The van der Waals surface area contributed by atoms with E-state index in [1.165, 1.54) is 6.42 Å². The van der Waals surface area contributed by atoms with Crippen LogP contribution < -0.4 is 4.72 Å². The normalized spacial score (nSPS) is 29.0. The van der Waals surface area contributed by atoms with Crippen LogP contribution >= 0.6 is 0 Å². The highest BCUT2D eigenvalue weighted by Gasteiger charge is 2.47. The molecule has 136 valence electrons. The summed E-state index contributed by atoms with van der Waals surface area (Å²) in [6, 6.07) is 4.13. The van der Waals surface area contributed by atoms with Gasteiger partial charge in [0.1, 0.15) is 11.5 Å². The molecule has 0 bridgehead atoms. The van der Waals surface area contributed by atoms with Crippen molar-refractivity contribution >= 4 is 10.0 Å². The number of furan rings is 1. The molecule has 0 radical (unpaired) electrons. The molecule has 7 nitrogen and oxygen atoms in total. The molecule has 2 aromatic rings. The van der Waals surface area contributed by atoms with Crippen LogP contribution in [0, 0.1) is 5.92 Å². The molecular formula is C17H23N3O4S. The average molecular weight is 365 g/mol. The molecule has 2 aromatic heterocycles. The van der Waals surface area contributed by atoms with Crippen LogP contribution in [0.5, 0.6) is 0 Å². The predicted molar refractivity (Wildman–Crippen MR) is 90.6 cm³/mol. The first-order valence-electron chi connectivity index (χ1n) is 8.57. The molecule has 4 rings (SSSR count). The lowest BCUT2D eigenvalue weighted by Crippen LogP contribution is -2.41. The van der Waals surface area contributed by atoms with Crippen molar-refractivity contribution in [3.05, 3.63) is 35.4 Å². The third kappa shape index (κ3) is 3.37. The number of sulfonamides is 1. The van der Waals surface area contributed by atoms with Gasteiger partial charge in [-0.1, -0.05) is 12.1 Å². The Bertz CT molecular complexity index is 899. The fraction of sp³-hybridized carbons (Fsp3) is 0.647. The van der Waals surface area contributed by atoms with E-state index in [9.17, 15) is 8.42 Å². The predicted octanol–water partition coefficient (Wildman–Crippen LogP) is 2.84. The standard InChI is InChI=1S/C17H23N3O4S/c1-9-7-10(9)13-5-6-14(23-13)11-8-12(11)15-18-16(19-24-15)17(2,3)20-25(4,21)22/h5-6,9-12,20H,7-8H2,1-4H3. The third-order valence-corrected chi connectivity index (χ3v) is 5.92. The highest BCUT2D eigenvalue weighted by atomic mass is 32.2. The smallest absolute Gasteiger partial charge is 0.230 e. The van der Waals surface area contributed by atoms with Gasteiger partial charge in [0.2, 0.25) is 15.9 Å². The summed E-state index contributed by atoms with van der Waals surface area (Å²) in [5.74, 6) is 4.64. The van der Waals surface area contributed by atoms with E-state index in [-0.39, 0.29) is 11.8 Å². The average Bonchev–Trinajstić information content (AvgIpc) is 3.28. The van der Waals surface area contributed by atoms with Gasteiger partial charge in [-0.15, -0.1) is 0 Å². The Hall–Kier alpha value is -1.67. The van der Waals surface area contributed by atoms with Gasteiger partial charge in [0.05, 0.1) is 11.8 Å². The second-order valence-electron chi connectivity index (χ2n) is 7.96.